The Morgan fingerprint density at radius 1 is 1.25 bits per heavy atom. The number of benzene rings is 1. The fourth-order valence-corrected chi connectivity index (χ4v) is 3.15. The van der Waals surface area contributed by atoms with Gasteiger partial charge >= 0.3 is 0 Å². The van der Waals surface area contributed by atoms with Crippen molar-refractivity contribution in [1.82, 2.24) is 4.98 Å². The highest BCUT2D eigenvalue weighted by Crippen LogP contribution is 2.25. The summed E-state index contributed by atoms with van der Waals surface area (Å²) in [4.78, 5) is 3.73. The van der Waals surface area contributed by atoms with Gasteiger partial charge in [-0.15, -0.1) is 0 Å². The van der Waals surface area contributed by atoms with Gasteiger partial charge in [0.25, 0.3) is 10.0 Å². The highest BCUT2D eigenvalue weighted by atomic mass is 79.9. The van der Waals surface area contributed by atoms with Gasteiger partial charge in [0.15, 0.2) is 0 Å². The Kier molecular flexibility index (Phi) is 4.24. The van der Waals surface area contributed by atoms with Crippen LogP contribution in [0.5, 0.6) is 0 Å². The summed E-state index contributed by atoms with van der Waals surface area (Å²) in [5, 5.41) is 2.75. The van der Waals surface area contributed by atoms with E-state index in [1.165, 1.54) is 36.7 Å². The molecule has 1 aromatic carbocycles. The van der Waals surface area contributed by atoms with Gasteiger partial charge in [0.05, 0.1) is 11.4 Å². The average Bonchev–Trinajstić information content (AvgIpc) is 2.42. The topological polar surface area (TPSA) is 71.1 Å². The first-order valence-corrected chi connectivity index (χ1v) is 7.81. The SMILES string of the molecule is CNc1ccncc1S(=O)(=O)Nc1cc(Br)ccc1F. The van der Waals surface area contributed by atoms with Crippen LogP contribution >= 0.6 is 15.9 Å². The third-order valence-electron chi connectivity index (χ3n) is 2.52. The van der Waals surface area contributed by atoms with Gasteiger partial charge in [-0.2, -0.15) is 0 Å². The van der Waals surface area contributed by atoms with Crippen LogP contribution in [0.15, 0.2) is 46.0 Å². The second kappa shape index (κ2) is 5.76. The molecule has 1 heterocycles. The van der Waals surface area contributed by atoms with E-state index in [0.717, 1.165) is 0 Å². The first kappa shape index (κ1) is 14.7. The van der Waals surface area contributed by atoms with Crippen LogP contribution in [0.2, 0.25) is 0 Å². The molecule has 0 unspecified atom stereocenters. The van der Waals surface area contributed by atoms with Crippen LogP contribution in [0.1, 0.15) is 0 Å². The molecule has 0 saturated carbocycles. The van der Waals surface area contributed by atoms with Gasteiger partial charge in [0.2, 0.25) is 0 Å². The molecule has 2 N–H and O–H groups in total. The van der Waals surface area contributed by atoms with Crippen molar-refractivity contribution in [2.45, 2.75) is 4.90 Å². The van der Waals surface area contributed by atoms with E-state index in [1.807, 2.05) is 0 Å². The Bertz CT molecular complexity index is 737. The van der Waals surface area contributed by atoms with Gasteiger partial charge < -0.3 is 5.32 Å². The lowest BCUT2D eigenvalue weighted by Gasteiger charge is -2.12. The third-order valence-corrected chi connectivity index (χ3v) is 4.40. The molecule has 0 bridgehead atoms. The Labute approximate surface area is 124 Å². The Hall–Kier alpha value is -1.67. The van der Waals surface area contributed by atoms with Crippen molar-refractivity contribution in [3.63, 3.8) is 0 Å². The van der Waals surface area contributed by atoms with E-state index in [2.05, 4.69) is 31.0 Å². The highest BCUT2D eigenvalue weighted by molar-refractivity contribution is 9.10. The highest BCUT2D eigenvalue weighted by Gasteiger charge is 2.20. The fraction of sp³-hybridized carbons (Fsp3) is 0.0833. The minimum absolute atomic E-state index is 0.0538. The van der Waals surface area contributed by atoms with Crippen molar-refractivity contribution in [2.24, 2.45) is 0 Å². The van der Waals surface area contributed by atoms with Crippen LogP contribution in [0.25, 0.3) is 0 Å². The van der Waals surface area contributed by atoms with Crippen LogP contribution in [0.3, 0.4) is 0 Å². The van der Waals surface area contributed by atoms with E-state index in [0.29, 0.717) is 10.2 Å². The molecule has 1 aromatic heterocycles. The lowest BCUT2D eigenvalue weighted by molar-refractivity contribution is 0.598. The lowest BCUT2D eigenvalue weighted by atomic mass is 10.3. The van der Waals surface area contributed by atoms with E-state index in [9.17, 15) is 12.8 Å². The number of anilines is 2. The second-order valence-electron chi connectivity index (χ2n) is 3.85. The Morgan fingerprint density at radius 2 is 2.00 bits per heavy atom. The second-order valence-corrected chi connectivity index (χ2v) is 6.42. The summed E-state index contributed by atoms with van der Waals surface area (Å²) >= 11 is 3.16. The summed E-state index contributed by atoms with van der Waals surface area (Å²) in [7, 11) is -2.34. The molecule has 8 heteroatoms. The van der Waals surface area contributed by atoms with Crippen LogP contribution in [0, 0.1) is 5.82 Å². The molecule has 0 spiro atoms. The van der Waals surface area contributed by atoms with E-state index in [-0.39, 0.29) is 10.6 Å². The van der Waals surface area contributed by atoms with Gasteiger partial charge in [-0.05, 0) is 24.3 Å². The molecule has 0 aliphatic carbocycles. The number of sulfonamides is 1. The first-order valence-electron chi connectivity index (χ1n) is 5.53. The van der Waals surface area contributed by atoms with Crippen LogP contribution in [-0.2, 0) is 10.0 Å². The van der Waals surface area contributed by atoms with Gasteiger partial charge in [-0.3, -0.25) is 9.71 Å². The molecule has 5 nitrogen and oxygen atoms in total. The Balaban J connectivity index is 2.43. The van der Waals surface area contributed by atoms with Crippen molar-refractivity contribution < 1.29 is 12.8 Å². The molecule has 0 aliphatic rings. The summed E-state index contributed by atoms with van der Waals surface area (Å²) < 4.78 is 40.9. The van der Waals surface area contributed by atoms with Crippen molar-refractivity contribution in [3.8, 4) is 0 Å². The number of nitrogens with zero attached hydrogens (tertiary/aromatic N) is 1. The van der Waals surface area contributed by atoms with E-state index < -0.39 is 15.8 Å². The summed E-state index contributed by atoms with van der Waals surface area (Å²) in [6.45, 7) is 0. The molecule has 106 valence electrons. The largest absolute Gasteiger partial charge is 0.387 e. The summed E-state index contributed by atoms with van der Waals surface area (Å²) in [6, 6.07) is 5.52. The summed E-state index contributed by atoms with van der Waals surface area (Å²) in [5.74, 6) is -0.660. The summed E-state index contributed by atoms with van der Waals surface area (Å²) in [6.07, 6.45) is 2.66. The molecule has 0 saturated heterocycles. The number of hydrogen-bond donors (Lipinski definition) is 2. The number of nitrogens with one attached hydrogen (secondary N) is 2. The van der Waals surface area contributed by atoms with Crippen LogP contribution < -0.4 is 10.0 Å². The molecule has 2 aromatic rings. The van der Waals surface area contributed by atoms with Gasteiger partial charge in [0, 0.05) is 23.9 Å². The zero-order valence-electron chi connectivity index (χ0n) is 10.4. The van der Waals surface area contributed by atoms with Crippen LogP contribution in [-0.4, -0.2) is 20.4 Å². The molecule has 0 amide bonds. The number of pyridine rings is 1. The molecular weight excluding hydrogens is 349 g/mol. The molecule has 20 heavy (non-hydrogen) atoms. The fourth-order valence-electron chi connectivity index (χ4n) is 1.58. The van der Waals surface area contributed by atoms with Gasteiger partial charge in [-0.1, -0.05) is 15.9 Å². The van der Waals surface area contributed by atoms with Gasteiger partial charge in [-0.25, -0.2) is 12.8 Å². The third kappa shape index (κ3) is 3.07. The first-order chi connectivity index (χ1) is 9.44. The van der Waals surface area contributed by atoms with Crippen molar-refractivity contribution in [3.05, 3.63) is 46.9 Å². The smallest absolute Gasteiger partial charge is 0.265 e. The van der Waals surface area contributed by atoms with E-state index >= 15 is 0 Å². The predicted octanol–water partition coefficient (Wildman–Crippen LogP) is 2.83. The predicted molar refractivity (Wildman–Crippen MR) is 78.7 cm³/mol. The number of rotatable bonds is 4. The van der Waals surface area contributed by atoms with Crippen LogP contribution in [0.4, 0.5) is 15.8 Å². The number of hydrogen-bond acceptors (Lipinski definition) is 4. The number of aromatic nitrogens is 1. The molecule has 0 aliphatic heterocycles. The van der Waals surface area contributed by atoms with Crippen molar-refractivity contribution >= 4 is 37.3 Å². The monoisotopic (exact) mass is 359 g/mol. The minimum Gasteiger partial charge on any atom is -0.387 e. The maximum Gasteiger partial charge on any atom is 0.265 e. The summed E-state index contributed by atoms with van der Waals surface area (Å²) in [5.41, 5.74) is 0.244. The molecule has 0 radical (unpaired) electrons. The quantitative estimate of drug-likeness (QED) is 0.880. The number of halogens is 2. The van der Waals surface area contributed by atoms with Crippen molar-refractivity contribution in [2.75, 3.05) is 17.1 Å². The average molecular weight is 360 g/mol. The zero-order chi connectivity index (χ0) is 14.8. The van der Waals surface area contributed by atoms with E-state index in [4.69, 9.17) is 0 Å². The normalized spacial score (nSPS) is 11.2. The standard InChI is InChI=1S/C12H11BrFN3O2S/c1-15-10-4-5-16-7-12(10)20(18,19)17-11-6-8(13)2-3-9(11)14/h2-7,17H,1H3,(H,15,16). The minimum atomic E-state index is -3.93. The lowest BCUT2D eigenvalue weighted by Crippen LogP contribution is -2.16. The molecule has 0 atom stereocenters. The Morgan fingerprint density at radius 3 is 2.70 bits per heavy atom. The maximum atomic E-state index is 13.6. The maximum absolute atomic E-state index is 13.6. The molecule has 0 fully saturated rings. The van der Waals surface area contributed by atoms with Crippen molar-refractivity contribution in [1.29, 1.82) is 0 Å². The van der Waals surface area contributed by atoms with E-state index in [1.54, 1.807) is 7.05 Å². The van der Waals surface area contributed by atoms with Gasteiger partial charge in [0.1, 0.15) is 10.7 Å². The molecular formula is C12H11BrFN3O2S. The molecule has 2 rings (SSSR count). The zero-order valence-corrected chi connectivity index (χ0v) is 12.8.